The fourth-order valence-corrected chi connectivity index (χ4v) is 7.57. The molecule has 3 fully saturated rings. The molecule has 0 aromatic carbocycles. The average molecular weight is 572 g/mol. The lowest BCUT2D eigenvalue weighted by Crippen LogP contribution is -2.66. The fraction of sp³-hybridized carbons (Fsp3) is 0.609. The molecular formula is C23H29N11O5S. The molecule has 1 unspecified atom stereocenters. The molecule has 0 saturated carbocycles. The Bertz CT molecular complexity index is 1340. The van der Waals surface area contributed by atoms with Crippen LogP contribution in [0.3, 0.4) is 0 Å². The van der Waals surface area contributed by atoms with Gasteiger partial charge in [-0.05, 0) is 23.8 Å². The summed E-state index contributed by atoms with van der Waals surface area (Å²) in [4.78, 5) is 54.7. The zero-order chi connectivity index (χ0) is 28.1. The number of tetrazole rings is 1. The van der Waals surface area contributed by atoms with E-state index in [2.05, 4.69) is 36.4 Å². The smallest absolute Gasteiger partial charge is 0.353 e. The number of carboxylic acid groups (broad SMARTS) is 1. The van der Waals surface area contributed by atoms with Gasteiger partial charge in [-0.15, -0.1) is 27.1 Å². The van der Waals surface area contributed by atoms with E-state index in [1.165, 1.54) is 27.7 Å². The van der Waals surface area contributed by atoms with Gasteiger partial charge in [0.2, 0.25) is 17.7 Å². The van der Waals surface area contributed by atoms with Crippen LogP contribution in [-0.2, 0) is 25.7 Å². The maximum Gasteiger partial charge on any atom is 0.353 e. The minimum absolute atomic E-state index is 0.00488. The summed E-state index contributed by atoms with van der Waals surface area (Å²) in [6.45, 7) is 5.33. The number of rotatable bonds is 9. The van der Waals surface area contributed by atoms with E-state index in [1.54, 1.807) is 24.5 Å². The van der Waals surface area contributed by atoms with E-state index in [0.29, 0.717) is 31.0 Å². The van der Waals surface area contributed by atoms with Crippen LogP contribution in [0.5, 0.6) is 0 Å². The van der Waals surface area contributed by atoms with Crippen molar-refractivity contribution in [1.82, 2.24) is 55.4 Å². The predicted molar refractivity (Wildman–Crippen MR) is 137 cm³/mol. The monoisotopic (exact) mass is 571 g/mol. The van der Waals surface area contributed by atoms with Crippen molar-refractivity contribution in [2.75, 3.05) is 19.6 Å². The summed E-state index contributed by atoms with van der Waals surface area (Å²) in [7, 11) is 0. The number of β-lactam (4-membered cyclic amide) rings is 1. The Morgan fingerprint density at radius 1 is 1.20 bits per heavy atom. The van der Waals surface area contributed by atoms with Gasteiger partial charge in [0.1, 0.15) is 31.2 Å². The first kappa shape index (κ1) is 26.4. The minimum atomic E-state index is -1.15. The van der Waals surface area contributed by atoms with E-state index in [9.17, 15) is 24.3 Å². The lowest BCUT2D eigenvalue weighted by atomic mass is 9.78. The Balaban J connectivity index is 1.07. The van der Waals surface area contributed by atoms with Gasteiger partial charge in [-0.3, -0.25) is 14.4 Å². The van der Waals surface area contributed by atoms with Crippen LogP contribution in [-0.4, -0.2) is 117 Å². The predicted octanol–water partition coefficient (Wildman–Crippen LogP) is -1.91. The summed E-state index contributed by atoms with van der Waals surface area (Å²) in [5.74, 6) is -2.57. The summed E-state index contributed by atoms with van der Waals surface area (Å²) in [5.41, 5.74) is 0.00488. The van der Waals surface area contributed by atoms with Crippen LogP contribution in [0.15, 0.2) is 29.6 Å². The molecule has 2 aromatic rings. The third-order valence-electron chi connectivity index (χ3n) is 8.13. The Kier molecular flexibility index (Phi) is 6.77. The molecule has 4 aliphatic rings. The molecule has 212 valence electrons. The fourth-order valence-electron chi connectivity index (χ4n) is 6.09. The summed E-state index contributed by atoms with van der Waals surface area (Å²) in [5, 5.41) is 34.4. The second-order valence-electron chi connectivity index (χ2n) is 10.6. The van der Waals surface area contributed by atoms with Crippen LogP contribution in [0.1, 0.15) is 26.3 Å². The number of likely N-dealkylation sites (tertiary alicyclic amines) is 1. The average Bonchev–Trinajstić information content (AvgIpc) is 3.67. The van der Waals surface area contributed by atoms with Gasteiger partial charge in [-0.25, -0.2) is 9.48 Å². The largest absolute Gasteiger partial charge is 0.477 e. The molecule has 6 atom stereocenters. The van der Waals surface area contributed by atoms with Gasteiger partial charge >= 0.3 is 5.97 Å². The van der Waals surface area contributed by atoms with Gasteiger partial charge in [0.15, 0.2) is 0 Å². The SMILES string of the molecule is CC(NC(=O)Cn1cnnn1)[C@H]1C(=O)N2C(C(=O)O)=C(S[C@@H]3CN[C@H](C(=O)N4CC(n5cnnc5)C4)C3)[C@H](C)[C@H]12. The molecule has 4 aliphatic heterocycles. The number of aliphatic carboxylic acids is 1. The molecular weight excluding hydrogens is 542 g/mol. The van der Waals surface area contributed by atoms with E-state index in [0.717, 1.165) is 0 Å². The van der Waals surface area contributed by atoms with Crippen molar-refractivity contribution < 1.29 is 24.3 Å². The molecule has 3 saturated heterocycles. The molecule has 6 heterocycles. The van der Waals surface area contributed by atoms with Crippen molar-refractivity contribution in [1.29, 1.82) is 0 Å². The van der Waals surface area contributed by atoms with Crippen LogP contribution >= 0.6 is 11.8 Å². The molecule has 0 aliphatic carbocycles. The number of fused-ring (bicyclic) bond motifs is 1. The molecule has 0 radical (unpaired) electrons. The summed E-state index contributed by atoms with van der Waals surface area (Å²) in [6, 6.07) is -1.04. The number of hydrogen-bond donors (Lipinski definition) is 3. The second kappa shape index (κ2) is 10.3. The summed E-state index contributed by atoms with van der Waals surface area (Å²) >= 11 is 1.43. The molecule has 0 bridgehead atoms. The van der Waals surface area contributed by atoms with Gasteiger partial charge < -0.3 is 30.1 Å². The Hall–Kier alpha value is -3.86. The van der Waals surface area contributed by atoms with Crippen LogP contribution in [0.25, 0.3) is 0 Å². The topological polar surface area (TPSA) is 193 Å². The number of nitrogens with zero attached hydrogens (tertiary/aromatic N) is 9. The number of hydrogen-bond acceptors (Lipinski definition) is 11. The number of aromatic nitrogens is 7. The van der Waals surface area contributed by atoms with E-state index in [1.807, 2.05) is 11.5 Å². The normalized spacial score (nSPS) is 28.8. The quantitative estimate of drug-likeness (QED) is 0.283. The van der Waals surface area contributed by atoms with Crippen LogP contribution in [0.2, 0.25) is 0 Å². The van der Waals surface area contributed by atoms with E-state index >= 15 is 0 Å². The van der Waals surface area contributed by atoms with E-state index in [4.69, 9.17) is 0 Å². The molecule has 0 spiro atoms. The molecule has 17 heteroatoms. The number of amides is 3. The van der Waals surface area contributed by atoms with Gasteiger partial charge in [0, 0.05) is 41.7 Å². The highest BCUT2D eigenvalue weighted by Gasteiger charge is 2.60. The first-order valence-electron chi connectivity index (χ1n) is 13.1. The molecule has 3 amide bonds. The van der Waals surface area contributed by atoms with Gasteiger partial charge in [0.25, 0.3) is 0 Å². The number of nitrogens with one attached hydrogen (secondary N) is 2. The molecule has 2 aromatic heterocycles. The first-order valence-corrected chi connectivity index (χ1v) is 13.9. The number of carboxylic acids is 1. The van der Waals surface area contributed by atoms with Gasteiger partial charge in [0.05, 0.1) is 24.0 Å². The van der Waals surface area contributed by atoms with E-state index in [-0.39, 0.29) is 59.3 Å². The third-order valence-corrected chi connectivity index (χ3v) is 9.64. The number of carbonyl (C=O) groups is 4. The zero-order valence-electron chi connectivity index (χ0n) is 21.8. The molecule has 16 nitrogen and oxygen atoms in total. The first-order chi connectivity index (χ1) is 19.2. The molecule has 3 N–H and O–H groups in total. The second-order valence-corrected chi connectivity index (χ2v) is 12.0. The summed E-state index contributed by atoms with van der Waals surface area (Å²) < 4.78 is 3.17. The minimum Gasteiger partial charge on any atom is -0.477 e. The Morgan fingerprint density at radius 2 is 1.95 bits per heavy atom. The van der Waals surface area contributed by atoms with Crippen molar-refractivity contribution >= 4 is 35.5 Å². The van der Waals surface area contributed by atoms with Gasteiger partial charge in [-0.2, -0.15) is 0 Å². The van der Waals surface area contributed by atoms with Crippen LogP contribution in [0, 0.1) is 11.8 Å². The van der Waals surface area contributed by atoms with Crippen LogP contribution in [0.4, 0.5) is 0 Å². The molecule has 40 heavy (non-hydrogen) atoms. The molecule has 6 rings (SSSR count). The Labute approximate surface area is 232 Å². The lowest BCUT2D eigenvalue weighted by Gasteiger charge is -2.47. The van der Waals surface area contributed by atoms with Crippen molar-refractivity contribution in [3.8, 4) is 0 Å². The highest BCUT2D eigenvalue weighted by molar-refractivity contribution is 8.03. The lowest BCUT2D eigenvalue weighted by molar-refractivity contribution is -0.158. The van der Waals surface area contributed by atoms with Crippen molar-refractivity contribution in [3.63, 3.8) is 0 Å². The third kappa shape index (κ3) is 4.51. The van der Waals surface area contributed by atoms with Gasteiger partial charge in [-0.1, -0.05) is 6.92 Å². The van der Waals surface area contributed by atoms with Crippen molar-refractivity contribution in [2.24, 2.45) is 11.8 Å². The van der Waals surface area contributed by atoms with Crippen LogP contribution < -0.4 is 10.6 Å². The highest BCUT2D eigenvalue weighted by atomic mass is 32.2. The number of carbonyl (C=O) groups excluding carboxylic acids is 3. The maximum atomic E-state index is 13.2. The van der Waals surface area contributed by atoms with Crippen molar-refractivity contribution in [2.45, 2.75) is 56.2 Å². The maximum absolute atomic E-state index is 13.2. The zero-order valence-corrected chi connectivity index (χ0v) is 22.6. The van der Waals surface area contributed by atoms with Crippen molar-refractivity contribution in [3.05, 3.63) is 29.6 Å². The standard InChI is InChI=1S/C23H29N11O5S/c1-11-18-17(12(2)28-16(35)7-33-10-27-29-30-33)22(37)34(18)19(23(38)39)20(11)40-14-3-15(24-4-14)21(36)31-5-13(6-31)32-8-25-26-9-32/h8-15,17-18,24H,3-7H2,1-2H3,(H,28,35)(H,38,39)/t11-,12?,14+,15+,17-,18-/m1/s1. The Morgan fingerprint density at radius 3 is 2.62 bits per heavy atom. The highest BCUT2D eigenvalue weighted by Crippen LogP contribution is 2.51. The van der Waals surface area contributed by atoms with E-state index < -0.39 is 17.9 Å². The summed E-state index contributed by atoms with van der Waals surface area (Å²) in [6.07, 6.45) is 5.17. The number of thioether (sulfide) groups is 1.